The lowest BCUT2D eigenvalue weighted by molar-refractivity contribution is -0.266. The zero-order chi connectivity index (χ0) is 30.5. The molecule has 2 unspecified atom stereocenters. The first-order valence-electron chi connectivity index (χ1n) is 13.6. The van der Waals surface area contributed by atoms with Crippen molar-refractivity contribution in [3.05, 3.63) is 23.2 Å². The number of nitrogens with zero attached hydrogens (tertiary/aromatic N) is 4. The van der Waals surface area contributed by atoms with Gasteiger partial charge in [0, 0.05) is 57.3 Å². The van der Waals surface area contributed by atoms with E-state index in [4.69, 9.17) is 15.1 Å². The van der Waals surface area contributed by atoms with Crippen LogP contribution in [-0.4, -0.2) is 133 Å². The second-order valence-corrected chi connectivity index (χ2v) is 12.1. The number of carbonyl (C=O) groups is 5. The SMILES string of the molecule is CC1(C)C(O)CCN(OC(=O)CC(O)(CC(=O)O)C(=O)O)C1(C)C.O=C1C=C(N2CC2)C(=O)C(N2CC2)=C1N1CC1. The monoisotopic (exact) mass is 578 g/mol. The summed E-state index contributed by atoms with van der Waals surface area (Å²) in [5, 5.41) is 39.1. The largest absolute Gasteiger partial charge is 0.481 e. The van der Waals surface area contributed by atoms with Crippen molar-refractivity contribution < 1.29 is 49.2 Å². The maximum Gasteiger partial charge on any atom is 0.336 e. The third-order valence-corrected chi connectivity index (χ3v) is 8.62. The molecule has 4 N–H and O–H groups in total. The van der Waals surface area contributed by atoms with Gasteiger partial charge in [0.1, 0.15) is 11.4 Å². The molecule has 5 rings (SSSR count). The molecule has 0 aromatic heterocycles. The number of hydrogen-bond donors (Lipinski definition) is 4. The molecule has 0 bridgehead atoms. The Kier molecular flexibility index (Phi) is 7.97. The topological polar surface area (TPSA) is 188 Å². The summed E-state index contributed by atoms with van der Waals surface area (Å²) >= 11 is 0. The fourth-order valence-electron chi connectivity index (χ4n) is 4.90. The molecular weight excluding hydrogens is 540 g/mol. The summed E-state index contributed by atoms with van der Waals surface area (Å²) in [5.41, 5.74) is -2.22. The predicted molar refractivity (Wildman–Crippen MR) is 141 cm³/mol. The van der Waals surface area contributed by atoms with Crippen LogP contribution in [0.3, 0.4) is 0 Å². The van der Waals surface area contributed by atoms with Crippen LogP contribution in [0.4, 0.5) is 0 Å². The van der Waals surface area contributed by atoms with E-state index in [1.807, 2.05) is 28.5 Å². The number of ketones is 2. The minimum absolute atomic E-state index is 0.00546. The Balaban J connectivity index is 0.000000198. The predicted octanol–water partition coefficient (Wildman–Crippen LogP) is -0.823. The molecule has 0 spiro atoms. The quantitative estimate of drug-likeness (QED) is 0.196. The van der Waals surface area contributed by atoms with Gasteiger partial charge in [0.2, 0.25) is 11.6 Å². The van der Waals surface area contributed by atoms with E-state index in [-0.39, 0.29) is 18.1 Å². The molecule has 0 radical (unpaired) electrons. The van der Waals surface area contributed by atoms with E-state index in [2.05, 4.69) is 0 Å². The average molecular weight is 579 g/mol. The highest BCUT2D eigenvalue weighted by Crippen LogP contribution is 2.43. The third-order valence-electron chi connectivity index (χ3n) is 8.62. The molecule has 5 aliphatic rings. The van der Waals surface area contributed by atoms with Gasteiger partial charge in [-0.25, -0.2) is 4.79 Å². The van der Waals surface area contributed by atoms with Gasteiger partial charge in [-0.2, -0.15) is 0 Å². The van der Waals surface area contributed by atoms with Gasteiger partial charge in [0.15, 0.2) is 5.60 Å². The van der Waals surface area contributed by atoms with Crippen LogP contribution < -0.4 is 0 Å². The Hall–Kier alpha value is -3.49. The lowest BCUT2D eigenvalue weighted by Gasteiger charge is -2.53. The fourth-order valence-corrected chi connectivity index (χ4v) is 4.90. The molecule has 4 heterocycles. The zero-order valence-electron chi connectivity index (χ0n) is 23.8. The first-order chi connectivity index (χ1) is 19.0. The van der Waals surface area contributed by atoms with Crippen LogP contribution in [0.15, 0.2) is 23.2 Å². The molecule has 14 nitrogen and oxygen atoms in total. The van der Waals surface area contributed by atoms with Crippen LogP contribution in [-0.2, 0) is 28.8 Å². The molecule has 2 atom stereocenters. The first-order valence-corrected chi connectivity index (χ1v) is 13.6. The number of aliphatic hydroxyl groups is 2. The highest BCUT2D eigenvalue weighted by Gasteiger charge is 2.52. The number of hydrogen-bond acceptors (Lipinski definition) is 12. The summed E-state index contributed by atoms with van der Waals surface area (Å²) in [6, 6.07) is 0. The summed E-state index contributed by atoms with van der Waals surface area (Å²) in [7, 11) is 0. The molecule has 226 valence electrons. The van der Waals surface area contributed by atoms with Crippen molar-refractivity contribution in [1.29, 1.82) is 0 Å². The van der Waals surface area contributed by atoms with Crippen LogP contribution in [0.1, 0.15) is 47.0 Å². The van der Waals surface area contributed by atoms with Gasteiger partial charge in [-0.15, -0.1) is 5.06 Å². The Morgan fingerprint density at radius 2 is 1.44 bits per heavy atom. The van der Waals surface area contributed by atoms with E-state index < -0.39 is 53.4 Å². The van der Waals surface area contributed by atoms with Crippen molar-refractivity contribution in [2.75, 3.05) is 45.8 Å². The number of aliphatic carboxylic acids is 2. The highest BCUT2D eigenvalue weighted by molar-refractivity contribution is 6.22. The maximum absolute atomic E-state index is 12.4. The molecule has 0 aromatic rings. The summed E-state index contributed by atoms with van der Waals surface area (Å²) in [4.78, 5) is 69.5. The van der Waals surface area contributed by atoms with Gasteiger partial charge in [0.25, 0.3) is 0 Å². The number of Topliss-reactive ketones (excluding diaryl/α,β-unsaturated/α-hetero) is 1. The fraction of sp³-hybridized carbons (Fsp3) is 0.667. The van der Waals surface area contributed by atoms with Crippen LogP contribution in [0.2, 0.25) is 0 Å². The van der Waals surface area contributed by atoms with Crippen molar-refractivity contribution in [3.8, 4) is 0 Å². The number of rotatable bonds is 9. The van der Waals surface area contributed by atoms with Gasteiger partial charge in [0.05, 0.1) is 30.2 Å². The standard InChI is InChI=1S/C15H25NO8.C12H13N3O2/c1-13(2)9(17)5-6-16(14(13,3)4)24-11(20)8-15(23,12(21)22)7-10(18)19;16-9-7-8(13-1-2-13)12(17)11(15-5-6-15)10(9)14-3-4-14/h9,17,23H,5-8H2,1-4H3,(H,18,19)(H,21,22);7H,1-6H2. The van der Waals surface area contributed by atoms with Crippen molar-refractivity contribution in [2.45, 2.75) is 64.2 Å². The first kappa shape index (κ1) is 30.5. The van der Waals surface area contributed by atoms with E-state index >= 15 is 0 Å². The van der Waals surface area contributed by atoms with E-state index in [0.29, 0.717) is 23.5 Å². The number of carboxylic acid groups (broad SMARTS) is 2. The Bertz CT molecular complexity index is 1210. The molecule has 0 saturated carbocycles. The number of hydroxylamine groups is 2. The molecule has 4 aliphatic heterocycles. The van der Waals surface area contributed by atoms with Crippen LogP contribution in [0.5, 0.6) is 0 Å². The number of allylic oxidation sites excluding steroid dienone is 1. The summed E-state index contributed by atoms with van der Waals surface area (Å²) in [6.07, 6.45) is -0.849. The summed E-state index contributed by atoms with van der Waals surface area (Å²) in [6.45, 7) is 12.8. The normalized spacial score (nSPS) is 26.0. The zero-order valence-corrected chi connectivity index (χ0v) is 23.8. The lowest BCUT2D eigenvalue weighted by atomic mass is 9.67. The number of carbonyl (C=O) groups excluding carboxylic acids is 3. The third kappa shape index (κ3) is 6.23. The summed E-state index contributed by atoms with van der Waals surface area (Å²) in [5.74, 6) is -4.36. The molecule has 0 amide bonds. The van der Waals surface area contributed by atoms with Crippen LogP contribution >= 0.6 is 0 Å². The van der Waals surface area contributed by atoms with Crippen molar-refractivity contribution in [2.24, 2.45) is 5.41 Å². The second kappa shape index (κ2) is 10.7. The van der Waals surface area contributed by atoms with Gasteiger partial charge < -0.3 is 40.0 Å². The number of aliphatic hydroxyl groups excluding tert-OH is 1. The van der Waals surface area contributed by atoms with E-state index in [9.17, 15) is 34.2 Å². The minimum Gasteiger partial charge on any atom is -0.481 e. The number of carboxylic acids is 2. The van der Waals surface area contributed by atoms with Crippen molar-refractivity contribution in [3.63, 3.8) is 0 Å². The average Bonchev–Trinajstić information content (AvgIpc) is 3.70. The summed E-state index contributed by atoms with van der Waals surface area (Å²) < 4.78 is 0. The van der Waals surface area contributed by atoms with Crippen molar-refractivity contribution >= 4 is 29.5 Å². The Labute approximate surface area is 237 Å². The van der Waals surface area contributed by atoms with E-state index in [0.717, 1.165) is 39.3 Å². The van der Waals surface area contributed by atoms with Gasteiger partial charge in [-0.05, 0) is 20.3 Å². The molecule has 1 aliphatic carbocycles. The molecule has 0 aromatic carbocycles. The molecule has 4 fully saturated rings. The van der Waals surface area contributed by atoms with Crippen LogP contribution in [0.25, 0.3) is 0 Å². The minimum atomic E-state index is -2.74. The smallest absolute Gasteiger partial charge is 0.336 e. The molecule has 14 heteroatoms. The number of piperidine rings is 1. The van der Waals surface area contributed by atoms with Gasteiger partial charge in [-0.3, -0.25) is 19.2 Å². The second-order valence-electron chi connectivity index (χ2n) is 12.1. The van der Waals surface area contributed by atoms with Gasteiger partial charge >= 0.3 is 17.9 Å². The van der Waals surface area contributed by atoms with Crippen LogP contribution in [0, 0.1) is 5.41 Å². The van der Waals surface area contributed by atoms with Crippen molar-refractivity contribution in [1.82, 2.24) is 19.8 Å². The molecular formula is C27H38N4O10. The Morgan fingerprint density at radius 1 is 0.902 bits per heavy atom. The van der Waals surface area contributed by atoms with Gasteiger partial charge in [-0.1, -0.05) is 13.8 Å². The highest BCUT2D eigenvalue weighted by atomic mass is 16.7. The molecule has 4 saturated heterocycles. The Morgan fingerprint density at radius 3 is 1.93 bits per heavy atom. The molecule has 41 heavy (non-hydrogen) atoms. The maximum atomic E-state index is 12.4. The lowest BCUT2D eigenvalue weighted by Crippen LogP contribution is -2.63. The van der Waals surface area contributed by atoms with E-state index in [1.54, 1.807) is 13.8 Å². The van der Waals surface area contributed by atoms with E-state index in [1.165, 1.54) is 11.1 Å².